The first kappa shape index (κ1) is 36.9. The van der Waals surface area contributed by atoms with Gasteiger partial charge in [-0.25, -0.2) is 0 Å². The Balaban J connectivity index is 0.000000513. The third-order valence-corrected chi connectivity index (χ3v) is 9.07. The highest BCUT2D eigenvalue weighted by Gasteiger charge is 2.20. The van der Waals surface area contributed by atoms with Crippen molar-refractivity contribution in [2.75, 3.05) is 6.61 Å². The molecule has 0 spiro atoms. The van der Waals surface area contributed by atoms with Gasteiger partial charge in [0, 0.05) is 20.2 Å². The molecule has 5 rings (SSSR count). The zero-order valence-electron chi connectivity index (χ0n) is 29.4. The highest BCUT2D eigenvalue weighted by molar-refractivity contribution is 5.99. The van der Waals surface area contributed by atoms with Gasteiger partial charge in [0.25, 0.3) is 0 Å². The molecule has 2 unspecified atom stereocenters. The van der Waals surface area contributed by atoms with Crippen molar-refractivity contribution in [3.8, 4) is 5.75 Å². The zero-order valence-corrected chi connectivity index (χ0v) is 29.4. The summed E-state index contributed by atoms with van der Waals surface area (Å²) < 4.78 is 6.03. The molecule has 0 radical (unpaired) electrons. The number of fused-ring (bicyclic) bond motifs is 1. The minimum atomic E-state index is 0. The van der Waals surface area contributed by atoms with Crippen molar-refractivity contribution in [3.63, 3.8) is 0 Å². The third-order valence-electron chi connectivity index (χ3n) is 9.07. The molecule has 0 aromatic heterocycles. The Morgan fingerprint density at radius 3 is 2.52 bits per heavy atom. The molecule has 0 amide bonds. The van der Waals surface area contributed by atoms with E-state index in [4.69, 9.17) is 10.1 Å². The zero-order chi connectivity index (χ0) is 33.1. The van der Waals surface area contributed by atoms with Crippen molar-refractivity contribution >= 4 is 5.71 Å². The lowest BCUT2D eigenvalue weighted by atomic mass is 9.83. The minimum Gasteiger partial charge on any atom is -0.493 e. The molecular weight excluding hydrogens is 560 g/mol. The van der Waals surface area contributed by atoms with Gasteiger partial charge in [-0.2, -0.15) is 0 Å². The van der Waals surface area contributed by atoms with Crippen LogP contribution >= 0.6 is 0 Å². The fourth-order valence-electron chi connectivity index (χ4n) is 6.41. The Bertz CT molecular complexity index is 1320. The smallest absolute Gasteiger partial charge is 0.122 e. The minimum absolute atomic E-state index is 0. The largest absolute Gasteiger partial charge is 0.493 e. The fourth-order valence-corrected chi connectivity index (χ4v) is 6.41. The van der Waals surface area contributed by atoms with Gasteiger partial charge in [0.1, 0.15) is 5.75 Å². The van der Waals surface area contributed by atoms with Gasteiger partial charge in [-0.3, -0.25) is 0 Å². The van der Waals surface area contributed by atoms with Crippen molar-refractivity contribution in [2.24, 2.45) is 11.8 Å². The molecule has 1 fully saturated rings. The van der Waals surface area contributed by atoms with Crippen molar-refractivity contribution in [3.05, 3.63) is 125 Å². The first-order chi connectivity index (χ1) is 22.4. The third kappa shape index (κ3) is 12.7. The maximum absolute atomic E-state index is 8.19. The predicted molar refractivity (Wildman–Crippen MR) is 204 cm³/mol. The molecule has 3 nitrogen and oxygen atoms in total. The summed E-state index contributed by atoms with van der Waals surface area (Å²) in [5, 5.41) is 11.8. The lowest BCUT2D eigenvalue weighted by Gasteiger charge is -2.22. The highest BCUT2D eigenvalue weighted by atomic mass is 16.5. The van der Waals surface area contributed by atoms with E-state index in [1.807, 2.05) is 13.8 Å². The van der Waals surface area contributed by atoms with E-state index in [-0.39, 0.29) is 8.90 Å². The number of hydrogen-bond donors (Lipinski definition) is 2. The Morgan fingerprint density at radius 1 is 1.04 bits per heavy atom. The highest BCUT2D eigenvalue weighted by Crippen LogP contribution is 2.29. The normalized spacial score (nSPS) is 19.4. The van der Waals surface area contributed by atoms with E-state index in [0.29, 0.717) is 11.8 Å². The Morgan fingerprint density at radius 2 is 1.78 bits per heavy atom. The Labute approximate surface area is 284 Å². The summed E-state index contributed by atoms with van der Waals surface area (Å²) in [6.45, 7) is 15.4. The van der Waals surface area contributed by atoms with Gasteiger partial charge in [-0.1, -0.05) is 130 Å². The molecule has 2 aromatic carbocycles. The number of ether oxygens (including phenoxy) is 1. The van der Waals surface area contributed by atoms with Gasteiger partial charge in [0.2, 0.25) is 0 Å². The Hall–Kier alpha value is -3.59. The number of nitrogens with one attached hydrogen (secondary N) is 2. The van der Waals surface area contributed by atoms with Crippen LogP contribution in [0.25, 0.3) is 0 Å². The van der Waals surface area contributed by atoms with Gasteiger partial charge in [0.15, 0.2) is 0 Å². The molecule has 1 aliphatic heterocycles. The molecule has 2 aliphatic carbocycles. The summed E-state index contributed by atoms with van der Waals surface area (Å²) in [5.41, 5.74) is 8.57. The van der Waals surface area contributed by atoms with Crippen LogP contribution in [0.15, 0.2) is 108 Å². The lowest BCUT2D eigenvalue weighted by molar-refractivity contribution is 0.250. The molecule has 1 saturated carbocycles. The first-order valence-electron chi connectivity index (χ1n) is 17.9. The van der Waals surface area contributed by atoms with Crippen molar-refractivity contribution in [1.29, 1.82) is 5.41 Å². The summed E-state index contributed by atoms with van der Waals surface area (Å²) >= 11 is 0. The second-order valence-electron chi connectivity index (χ2n) is 12.9. The number of rotatable bonds is 11. The van der Waals surface area contributed by atoms with E-state index in [1.165, 1.54) is 60.8 Å². The molecule has 46 heavy (non-hydrogen) atoms. The molecule has 1 heterocycles. The summed E-state index contributed by atoms with van der Waals surface area (Å²) in [5.74, 6) is 2.08. The van der Waals surface area contributed by atoms with E-state index in [9.17, 15) is 0 Å². The first-order valence-corrected chi connectivity index (χ1v) is 17.9. The quantitative estimate of drug-likeness (QED) is 0.193. The SMILES string of the molecule is C=C(CC1CCc2ccccc2OC1)NC1C=CC(CCC/C(C)=C/C=C\C)=C1.CC.Cc1ccc(C(=N)C2CCCCC2)cc1.[HH].[HH]. The fraction of sp³-hybridized carbons (Fsp3) is 0.465. The summed E-state index contributed by atoms with van der Waals surface area (Å²) in [7, 11) is 0. The molecule has 3 heteroatoms. The standard InChI is InChI=1S/C27H35NO.C14H19N.C2H6.2H2/c1-4-5-9-21(2)10-8-11-23-15-17-26(19-23)28-22(3)18-24-14-16-25-12-6-7-13-27(25)29-20-24;1-11-7-9-13(10-8-11)14(15)12-5-3-2-4-6-12;1-2;;/h4-7,9,12-13,15,17,19,24,26,28H,3,8,10-11,14,16,18,20H2,1-2H3;7-10,12,15H,2-6H2,1H3;1-2H3;2*1H/b5-4-,21-9+;;;;. The molecule has 252 valence electrons. The topological polar surface area (TPSA) is 45.1 Å². The molecule has 3 aliphatic rings. The van der Waals surface area contributed by atoms with E-state index < -0.39 is 0 Å². The molecule has 2 N–H and O–H groups in total. The van der Waals surface area contributed by atoms with Crippen molar-refractivity contribution in [1.82, 2.24) is 5.32 Å². The molecule has 0 bridgehead atoms. The van der Waals surface area contributed by atoms with Crippen LogP contribution in [0.3, 0.4) is 0 Å². The average Bonchev–Trinajstić information content (AvgIpc) is 3.43. The van der Waals surface area contributed by atoms with Crippen LogP contribution in [0.4, 0.5) is 0 Å². The second-order valence-corrected chi connectivity index (χ2v) is 12.9. The van der Waals surface area contributed by atoms with Gasteiger partial charge < -0.3 is 15.5 Å². The van der Waals surface area contributed by atoms with Crippen LogP contribution in [-0.4, -0.2) is 18.4 Å². The molecule has 2 atom stereocenters. The van der Waals surface area contributed by atoms with Gasteiger partial charge in [-0.15, -0.1) is 0 Å². The van der Waals surface area contributed by atoms with Crippen molar-refractivity contribution in [2.45, 2.75) is 111 Å². The van der Waals surface area contributed by atoms with E-state index in [0.717, 1.165) is 61.4 Å². The van der Waals surface area contributed by atoms with Crippen LogP contribution in [-0.2, 0) is 6.42 Å². The number of allylic oxidation sites excluding steroid dienone is 7. The summed E-state index contributed by atoms with van der Waals surface area (Å²) in [4.78, 5) is 0. The summed E-state index contributed by atoms with van der Waals surface area (Å²) in [6, 6.07) is 17.1. The van der Waals surface area contributed by atoms with Crippen LogP contribution in [0.2, 0.25) is 0 Å². The summed E-state index contributed by atoms with van der Waals surface area (Å²) in [6.07, 6.45) is 26.4. The van der Waals surface area contributed by atoms with Crippen LogP contribution in [0.5, 0.6) is 5.75 Å². The van der Waals surface area contributed by atoms with Crippen LogP contribution < -0.4 is 10.1 Å². The predicted octanol–water partition coefficient (Wildman–Crippen LogP) is 12.1. The van der Waals surface area contributed by atoms with Crippen molar-refractivity contribution < 1.29 is 7.59 Å². The molecule has 2 aromatic rings. The lowest BCUT2D eigenvalue weighted by Crippen LogP contribution is -2.25. The van der Waals surface area contributed by atoms with Crippen LogP contribution in [0.1, 0.15) is 111 Å². The number of para-hydroxylation sites is 1. The average molecular weight is 625 g/mol. The Kier molecular flexibility index (Phi) is 16.4. The van der Waals surface area contributed by atoms with Gasteiger partial charge in [0.05, 0.1) is 12.6 Å². The van der Waals surface area contributed by atoms with Gasteiger partial charge >= 0.3 is 0 Å². The van der Waals surface area contributed by atoms with Crippen LogP contribution in [0, 0.1) is 24.2 Å². The number of aryl methyl sites for hydroxylation is 2. The van der Waals surface area contributed by atoms with Gasteiger partial charge in [-0.05, 0) is 101 Å². The van der Waals surface area contributed by atoms with E-state index >= 15 is 0 Å². The maximum Gasteiger partial charge on any atom is 0.122 e. The number of hydrogen-bond acceptors (Lipinski definition) is 3. The molecule has 0 saturated heterocycles. The van der Waals surface area contributed by atoms with E-state index in [2.05, 4.69) is 118 Å². The second kappa shape index (κ2) is 20.5. The van der Waals surface area contributed by atoms with E-state index in [1.54, 1.807) is 0 Å². The monoisotopic (exact) mass is 625 g/mol. The maximum atomic E-state index is 8.19. The number of benzene rings is 2. The molecular formula is C43H64N2O.